The fraction of sp³-hybridized carbons (Fsp3) is 0.300. The smallest absolute Gasteiger partial charge is 0.270 e. The van der Waals surface area contributed by atoms with E-state index < -0.39 is 0 Å². The topological polar surface area (TPSA) is 72.7 Å². The molecule has 0 saturated heterocycles. The van der Waals surface area contributed by atoms with Crippen LogP contribution >= 0.6 is 0 Å². The third-order valence-corrected chi connectivity index (χ3v) is 4.75. The van der Waals surface area contributed by atoms with Gasteiger partial charge in [-0.15, -0.1) is 0 Å². The van der Waals surface area contributed by atoms with Crippen molar-refractivity contribution in [2.45, 2.75) is 38.8 Å². The maximum Gasteiger partial charge on any atom is 0.270 e. The maximum absolute atomic E-state index is 12.5. The quantitative estimate of drug-likeness (QED) is 0.788. The van der Waals surface area contributed by atoms with Crippen LogP contribution in [-0.2, 0) is 13.0 Å². The molecule has 26 heavy (non-hydrogen) atoms. The van der Waals surface area contributed by atoms with Gasteiger partial charge in [-0.2, -0.15) is 5.10 Å². The number of hydrogen-bond donors (Lipinski definition) is 1. The molecule has 0 bridgehead atoms. The van der Waals surface area contributed by atoms with Crippen LogP contribution in [0.1, 0.15) is 52.0 Å². The highest BCUT2D eigenvalue weighted by atomic mass is 16.1. The highest BCUT2D eigenvalue weighted by molar-refractivity contribution is 5.92. The van der Waals surface area contributed by atoms with Crippen molar-refractivity contribution in [1.82, 2.24) is 25.1 Å². The van der Waals surface area contributed by atoms with Crippen molar-refractivity contribution >= 4 is 5.91 Å². The first-order valence-corrected chi connectivity index (χ1v) is 8.90. The zero-order valence-corrected chi connectivity index (χ0v) is 14.7. The SMILES string of the molecule is Cc1nccc(C(=O)N[C@@H]2CCCc3c2cnn3Cc2ccccc2)n1. The number of fused-ring (bicyclic) bond motifs is 1. The molecule has 2 heterocycles. The average Bonchev–Trinajstić information content (AvgIpc) is 3.06. The molecule has 132 valence electrons. The summed E-state index contributed by atoms with van der Waals surface area (Å²) >= 11 is 0. The molecule has 6 heteroatoms. The van der Waals surface area contributed by atoms with Crippen molar-refractivity contribution in [3.05, 3.63) is 77.1 Å². The summed E-state index contributed by atoms with van der Waals surface area (Å²) in [7, 11) is 0. The zero-order chi connectivity index (χ0) is 17.9. The van der Waals surface area contributed by atoms with Gasteiger partial charge < -0.3 is 5.32 Å². The highest BCUT2D eigenvalue weighted by Gasteiger charge is 2.26. The molecule has 2 aromatic heterocycles. The van der Waals surface area contributed by atoms with E-state index in [0.29, 0.717) is 11.5 Å². The minimum atomic E-state index is -0.163. The maximum atomic E-state index is 12.5. The van der Waals surface area contributed by atoms with Gasteiger partial charge in [0.05, 0.1) is 18.8 Å². The van der Waals surface area contributed by atoms with Crippen LogP contribution in [0.3, 0.4) is 0 Å². The number of hydrogen-bond acceptors (Lipinski definition) is 4. The number of carbonyl (C=O) groups is 1. The minimum Gasteiger partial charge on any atom is -0.344 e. The van der Waals surface area contributed by atoms with Crippen LogP contribution in [0.2, 0.25) is 0 Å². The number of nitrogens with zero attached hydrogens (tertiary/aromatic N) is 4. The molecule has 0 spiro atoms. The van der Waals surface area contributed by atoms with Crippen LogP contribution < -0.4 is 5.32 Å². The summed E-state index contributed by atoms with van der Waals surface area (Å²) in [6.45, 7) is 2.53. The van der Waals surface area contributed by atoms with Crippen molar-refractivity contribution in [3.8, 4) is 0 Å². The van der Waals surface area contributed by atoms with Crippen LogP contribution in [0, 0.1) is 6.92 Å². The number of aromatic nitrogens is 4. The lowest BCUT2D eigenvalue weighted by Crippen LogP contribution is -2.31. The lowest BCUT2D eigenvalue weighted by molar-refractivity contribution is 0.0927. The Labute approximate surface area is 152 Å². The van der Waals surface area contributed by atoms with Gasteiger partial charge in [0.1, 0.15) is 11.5 Å². The fourth-order valence-electron chi connectivity index (χ4n) is 3.48. The van der Waals surface area contributed by atoms with Crippen molar-refractivity contribution in [2.75, 3.05) is 0 Å². The van der Waals surface area contributed by atoms with Gasteiger partial charge in [-0.1, -0.05) is 30.3 Å². The van der Waals surface area contributed by atoms with Crippen LogP contribution in [0.5, 0.6) is 0 Å². The number of benzene rings is 1. The average molecular weight is 347 g/mol. The van der Waals surface area contributed by atoms with E-state index in [1.54, 1.807) is 19.2 Å². The summed E-state index contributed by atoms with van der Waals surface area (Å²) in [5, 5.41) is 7.69. The second-order valence-corrected chi connectivity index (χ2v) is 6.60. The van der Waals surface area contributed by atoms with Crippen molar-refractivity contribution in [1.29, 1.82) is 0 Å². The molecule has 1 aliphatic carbocycles. The predicted octanol–water partition coefficient (Wildman–Crippen LogP) is 2.84. The van der Waals surface area contributed by atoms with E-state index in [4.69, 9.17) is 0 Å². The second-order valence-electron chi connectivity index (χ2n) is 6.60. The van der Waals surface area contributed by atoms with E-state index >= 15 is 0 Å². The largest absolute Gasteiger partial charge is 0.344 e. The van der Waals surface area contributed by atoms with Crippen LogP contribution in [0.25, 0.3) is 0 Å². The highest BCUT2D eigenvalue weighted by Crippen LogP contribution is 2.30. The number of nitrogens with one attached hydrogen (secondary N) is 1. The Hall–Kier alpha value is -3.02. The molecule has 6 nitrogen and oxygen atoms in total. The van der Waals surface area contributed by atoms with Gasteiger partial charge in [0.2, 0.25) is 0 Å². The fourth-order valence-corrected chi connectivity index (χ4v) is 3.48. The van der Waals surface area contributed by atoms with Gasteiger partial charge >= 0.3 is 0 Å². The van der Waals surface area contributed by atoms with Crippen molar-refractivity contribution < 1.29 is 4.79 Å². The van der Waals surface area contributed by atoms with Crippen LogP contribution in [0.15, 0.2) is 48.8 Å². The minimum absolute atomic E-state index is 0.0222. The number of amides is 1. The molecule has 0 fully saturated rings. The van der Waals surface area contributed by atoms with Gasteiger partial charge in [0.15, 0.2) is 0 Å². The van der Waals surface area contributed by atoms with Gasteiger partial charge in [-0.05, 0) is 37.8 Å². The van der Waals surface area contributed by atoms with E-state index in [1.165, 1.54) is 11.3 Å². The first-order valence-electron chi connectivity index (χ1n) is 8.90. The molecule has 0 saturated carbocycles. The van der Waals surface area contributed by atoms with Crippen LogP contribution in [0.4, 0.5) is 0 Å². The van der Waals surface area contributed by atoms with Crippen molar-refractivity contribution in [2.24, 2.45) is 0 Å². The summed E-state index contributed by atoms with van der Waals surface area (Å²) < 4.78 is 2.05. The summed E-state index contributed by atoms with van der Waals surface area (Å²) in [5.41, 5.74) is 3.96. The number of carbonyl (C=O) groups excluding carboxylic acids is 1. The third-order valence-electron chi connectivity index (χ3n) is 4.75. The van der Waals surface area contributed by atoms with E-state index in [2.05, 4.69) is 37.2 Å². The van der Waals surface area contributed by atoms with Gasteiger partial charge in [0, 0.05) is 17.5 Å². The first kappa shape index (κ1) is 16.4. The Morgan fingerprint density at radius 1 is 1.27 bits per heavy atom. The van der Waals surface area contributed by atoms with Gasteiger partial charge in [-0.25, -0.2) is 9.97 Å². The molecular weight excluding hydrogens is 326 g/mol. The van der Waals surface area contributed by atoms with E-state index in [1.807, 2.05) is 24.4 Å². The Morgan fingerprint density at radius 2 is 2.12 bits per heavy atom. The molecule has 1 aliphatic rings. The molecule has 0 unspecified atom stereocenters. The normalized spacial score (nSPS) is 16.1. The molecule has 4 rings (SSSR count). The van der Waals surface area contributed by atoms with Gasteiger partial charge in [-0.3, -0.25) is 9.48 Å². The molecule has 1 aromatic carbocycles. The Bertz CT molecular complexity index is 919. The van der Waals surface area contributed by atoms with Crippen molar-refractivity contribution in [3.63, 3.8) is 0 Å². The third kappa shape index (κ3) is 3.35. The second kappa shape index (κ2) is 7.07. The Kier molecular flexibility index (Phi) is 4.48. The van der Waals surface area contributed by atoms with E-state index in [-0.39, 0.29) is 11.9 Å². The number of rotatable bonds is 4. The van der Waals surface area contributed by atoms with E-state index in [9.17, 15) is 4.79 Å². The molecule has 3 aromatic rings. The lowest BCUT2D eigenvalue weighted by Gasteiger charge is -2.24. The predicted molar refractivity (Wildman–Crippen MR) is 97.7 cm³/mol. The molecule has 0 aliphatic heterocycles. The number of aryl methyl sites for hydroxylation is 1. The standard InChI is InChI=1S/C20H21N5O/c1-14-21-11-10-18(23-14)20(26)24-17-8-5-9-19-16(17)12-22-25(19)13-15-6-3-2-4-7-15/h2-4,6-7,10-12,17H,5,8-9,13H2,1H3,(H,24,26)/t17-/m1/s1. The van der Waals surface area contributed by atoms with Gasteiger partial charge in [0.25, 0.3) is 5.91 Å². The summed E-state index contributed by atoms with van der Waals surface area (Å²) in [4.78, 5) is 20.8. The monoisotopic (exact) mass is 347 g/mol. The summed E-state index contributed by atoms with van der Waals surface area (Å²) in [6.07, 6.45) is 6.44. The Balaban J connectivity index is 1.53. The molecule has 0 radical (unpaired) electrons. The molecule has 1 amide bonds. The zero-order valence-electron chi connectivity index (χ0n) is 14.7. The van der Waals surface area contributed by atoms with Crippen LogP contribution in [-0.4, -0.2) is 25.7 Å². The molecular formula is C20H21N5O. The summed E-state index contributed by atoms with van der Waals surface area (Å²) in [6, 6.07) is 11.9. The summed E-state index contributed by atoms with van der Waals surface area (Å²) in [5.74, 6) is 0.432. The molecule has 1 N–H and O–H groups in total. The van der Waals surface area contributed by atoms with E-state index in [0.717, 1.165) is 31.4 Å². The Morgan fingerprint density at radius 3 is 2.92 bits per heavy atom. The molecule has 1 atom stereocenters. The first-order chi connectivity index (χ1) is 12.7. The lowest BCUT2D eigenvalue weighted by atomic mass is 9.92.